The molecule has 2 aromatic carbocycles. The van der Waals surface area contributed by atoms with E-state index >= 15 is 0 Å². The van der Waals surface area contributed by atoms with Gasteiger partial charge in [0.1, 0.15) is 5.75 Å². The van der Waals surface area contributed by atoms with Crippen LogP contribution in [0.4, 0.5) is 11.6 Å². The van der Waals surface area contributed by atoms with Crippen molar-refractivity contribution in [2.24, 2.45) is 12.0 Å². The summed E-state index contributed by atoms with van der Waals surface area (Å²) in [5, 5.41) is 21.2. The molecule has 0 saturated carbocycles. The number of methoxy groups -OCH3 is 1. The van der Waals surface area contributed by atoms with Crippen LogP contribution in [0.25, 0.3) is 11.0 Å². The Morgan fingerprint density at radius 1 is 1.31 bits per heavy atom. The smallest absolute Gasteiger partial charge is 0.315 e. The normalized spacial score (nSPS) is 11.4. The van der Waals surface area contributed by atoms with Gasteiger partial charge in [-0.25, -0.2) is 9.98 Å². The Labute approximate surface area is 164 Å². The van der Waals surface area contributed by atoms with E-state index in [4.69, 9.17) is 4.74 Å². The highest BCUT2D eigenvalue weighted by Gasteiger charge is 2.19. The van der Waals surface area contributed by atoms with Crippen molar-refractivity contribution in [2.45, 2.75) is 0 Å². The number of nitrogens with zero attached hydrogens (tertiary/aromatic N) is 4. The van der Waals surface area contributed by atoms with Gasteiger partial charge in [-0.2, -0.15) is 0 Å². The maximum atomic E-state index is 11.1. The molecule has 10 heteroatoms. The SMILES string of the molecule is COc1cc(C=Nc2nc3cc(Br)c(Br)cc3n2C)c(O)c([N+](=O)[O-])c1. The van der Waals surface area contributed by atoms with Gasteiger partial charge in [-0.1, -0.05) is 0 Å². The molecule has 0 aliphatic carbocycles. The van der Waals surface area contributed by atoms with Gasteiger partial charge in [-0.3, -0.25) is 10.1 Å². The number of aliphatic imine (C=N–C) groups is 1. The minimum Gasteiger partial charge on any atom is -0.502 e. The van der Waals surface area contributed by atoms with Gasteiger partial charge in [0.2, 0.25) is 11.7 Å². The Kier molecular flexibility index (Phi) is 4.97. The number of imidazole rings is 1. The van der Waals surface area contributed by atoms with E-state index in [-0.39, 0.29) is 11.3 Å². The first-order chi connectivity index (χ1) is 12.3. The molecule has 0 atom stereocenters. The summed E-state index contributed by atoms with van der Waals surface area (Å²) in [5.74, 6) is 0.146. The minimum atomic E-state index is -0.681. The lowest BCUT2D eigenvalue weighted by Crippen LogP contribution is -1.95. The van der Waals surface area contributed by atoms with Crippen LogP contribution >= 0.6 is 31.9 Å². The van der Waals surface area contributed by atoms with Crippen LogP contribution in [-0.4, -0.2) is 32.9 Å². The second-order valence-corrected chi connectivity index (χ2v) is 7.03. The van der Waals surface area contributed by atoms with Gasteiger partial charge < -0.3 is 14.4 Å². The molecule has 26 heavy (non-hydrogen) atoms. The first-order valence-corrected chi connectivity index (χ1v) is 8.81. The fourth-order valence-electron chi connectivity index (χ4n) is 2.39. The number of ether oxygens (including phenoxy) is 1. The largest absolute Gasteiger partial charge is 0.502 e. The Morgan fingerprint density at radius 2 is 2.00 bits per heavy atom. The maximum absolute atomic E-state index is 11.1. The lowest BCUT2D eigenvalue weighted by atomic mass is 10.1. The number of phenols is 1. The Bertz CT molecular complexity index is 1060. The van der Waals surface area contributed by atoms with E-state index in [0.29, 0.717) is 5.95 Å². The summed E-state index contributed by atoms with van der Waals surface area (Å²) in [6.45, 7) is 0. The van der Waals surface area contributed by atoms with Crippen molar-refractivity contribution >= 4 is 60.7 Å². The van der Waals surface area contributed by atoms with Crippen molar-refractivity contribution in [1.29, 1.82) is 0 Å². The van der Waals surface area contributed by atoms with E-state index in [1.54, 1.807) is 11.6 Å². The molecule has 0 aliphatic rings. The van der Waals surface area contributed by atoms with E-state index < -0.39 is 16.4 Å². The zero-order valence-electron chi connectivity index (χ0n) is 13.6. The molecule has 1 aromatic heterocycles. The van der Waals surface area contributed by atoms with Gasteiger partial charge in [0.15, 0.2) is 0 Å². The summed E-state index contributed by atoms with van der Waals surface area (Å²) in [6.07, 6.45) is 1.32. The van der Waals surface area contributed by atoms with E-state index in [0.717, 1.165) is 26.0 Å². The molecule has 0 radical (unpaired) electrons. The fraction of sp³-hybridized carbons (Fsp3) is 0.125. The predicted molar refractivity (Wildman–Crippen MR) is 105 cm³/mol. The predicted octanol–water partition coefficient (Wildman–Crippen LogP) is 4.47. The lowest BCUT2D eigenvalue weighted by molar-refractivity contribution is -0.385. The Balaban J connectivity index is 2.08. The highest BCUT2D eigenvalue weighted by atomic mass is 79.9. The summed E-state index contributed by atoms with van der Waals surface area (Å²) >= 11 is 6.87. The first kappa shape index (κ1) is 18.3. The summed E-state index contributed by atoms with van der Waals surface area (Å²) in [5.41, 5.74) is 1.29. The Hall–Kier alpha value is -2.46. The summed E-state index contributed by atoms with van der Waals surface area (Å²) in [7, 11) is 3.19. The number of nitro benzene ring substituents is 1. The molecular weight excluding hydrogens is 472 g/mol. The third kappa shape index (κ3) is 3.29. The van der Waals surface area contributed by atoms with Crippen LogP contribution < -0.4 is 4.74 Å². The Morgan fingerprint density at radius 3 is 2.65 bits per heavy atom. The van der Waals surface area contributed by atoms with Gasteiger partial charge in [0.05, 0.1) is 29.1 Å². The molecule has 134 valence electrons. The van der Waals surface area contributed by atoms with Crippen molar-refractivity contribution in [1.82, 2.24) is 9.55 Å². The molecule has 0 unspecified atom stereocenters. The van der Waals surface area contributed by atoms with E-state index in [9.17, 15) is 15.2 Å². The number of nitro groups is 1. The molecule has 3 aromatic rings. The average molecular weight is 484 g/mol. The number of hydrogen-bond donors (Lipinski definition) is 1. The molecule has 0 bridgehead atoms. The van der Waals surface area contributed by atoms with Gasteiger partial charge in [0.25, 0.3) is 0 Å². The molecule has 1 N–H and O–H groups in total. The number of aromatic nitrogens is 2. The number of aryl methyl sites for hydroxylation is 1. The average Bonchev–Trinajstić information content (AvgIpc) is 2.89. The van der Waals surface area contributed by atoms with Crippen LogP contribution in [0.1, 0.15) is 5.56 Å². The van der Waals surface area contributed by atoms with Gasteiger partial charge >= 0.3 is 5.69 Å². The van der Waals surface area contributed by atoms with Crippen LogP contribution in [-0.2, 0) is 7.05 Å². The molecular formula is C16H12Br2N4O4. The molecule has 3 rings (SSSR count). The second kappa shape index (κ2) is 7.04. The van der Waals surface area contributed by atoms with Crippen LogP contribution in [0.3, 0.4) is 0 Å². The topological polar surface area (TPSA) is 103 Å². The lowest BCUT2D eigenvalue weighted by Gasteiger charge is -2.04. The van der Waals surface area contributed by atoms with Crippen molar-refractivity contribution < 1.29 is 14.8 Å². The summed E-state index contributed by atoms with van der Waals surface area (Å²) in [6, 6.07) is 6.37. The highest BCUT2D eigenvalue weighted by molar-refractivity contribution is 9.13. The van der Waals surface area contributed by atoms with Crippen LogP contribution in [0.15, 0.2) is 38.2 Å². The summed E-state index contributed by atoms with van der Waals surface area (Å²) in [4.78, 5) is 19.1. The summed E-state index contributed by atoms with van der Waals surface area (Å²) < 4.78 is 8.55. The molecule has 0 saturated heterocycles. The van der Waals surface area contributed by atoms with Crippen molar-refractivity contribution in [3.63, 3.8) is 0 Å². The third-order valence-corrected chi connectivity index (χ3v) is 5.59. The molecule has 1 heterocycles. The fourth-order valence-corrected chi connectivity index (χ4v) is 3.05. The zero-order valence-corrected chi connectivity index (χ0v) is 16.8. The van der Waals surface area contributed by atoms with E-state index in [1.165, 1.54) is 19.4 Å². The van der Waals surface area contributed by atoms with Crippen molar-refractivity contribution in [2.75, 3.05) is 7.11 Å². The van der Waals surface area contributed by atoms with Gasteiger partial charge in [0, 0.05) is 27.8 Å². The number of fused-ring (bicyclic) bond motifs is 1. The number of rotatable bonds is 4. The van der Waals surface area contributed by atoms with Crippen molar-refractivity contribution in [3.8, 4) is 11.5 Å². The molecule has 0 aliphatic heterocycles. The third-order valence-electron chi connectivity index (χ3n) is 3.74. The number of aromatic hydroxyl groups is 1. The molecule has 0 fully saturated rings. The number of benzene rings is 2. The molecule has 8 nitrogen and oxygen atoms in total. The standard InChI is InChI=1S/C16H12Br2N4O4/c1-21-13-6-11(18)10(17)5-12(13)20-16(21)19-7-8-3-9(26-2)4-14(15(8)23)22(24)25/h3-7,23H,1-2H3. The van der Waals surface area contributed by atoms with Crippen LogP contribution in [0, 0.1) is 10.1 Å². The second-order valence-electron chi connectivity index (χ2n) is 5.33. The van der Waals surface area contributed by atoms with Crippen LogP contribution in [0.5, 0.6) is 11.5 Å². The zero-order chi connectivity index (χ0) is 19.0. The first-order valence-electron chi connectivity index (χ1n) is 7.22. The highest BCUT2D eigenvalue weighted by Crippen LogP contribution is 2.34. The van der Waals surface area contributed by atoms with E-state index in [2.05, 4.69) is 41.8 Å². The molecule has 0 spiro atoms. The maximum Gasteiger partial charge on any atom is 0.315 e. The quantitative estimate of drug-likeness (QED) is 0.335. The minimum absolute atomic E-state index is 0.158. The number of phenolic OH excluding ortho intramolecular Hbond substituents is 1. The monoisotopic (exact) mass is 482 g/mol. The van der Waals surface area contributed by atoms with Crippen LogP contribution in [0.2, 0.25) is 0 Å². The van der Waals surface area contributed by atoms with Crippen molar-refractivity contribution in [3.05, 3.63) is 48.9 Å². The molecule has 0 amide bonds. The van der Waals surface area contributed by atoms with Gasteiger partial charge in [-0.05, 0) is 50.1 Å². The van der Waals surface area contributed by atoms with Gasteiger partial charge in [-0.15, -0.1) is 0 Å². The van der Waals surface area contributed by atoms with E-state index in [1.807, 2.05) is 12.1 Å². The number of hydrogen-bond acceptors (Lipinski definition) is 6. The number of halogens is 2.